The highest BCUT2D eigenvalue weighted by Crippen LogP contribution is 2.41. The van der Waals surface area contributed by atoms with Crippen molar-refractivity contribution in [3.05, 3.63) is 115 Å². The van der Waals surface area contributed by atoms with Gasteiger partial charge in [-0.3, -0.25) is 4.99 Å². The second-order valence-corrected chi connectivity index (χ2v) is 8.80. The fourth-order valence-electron chi connectivity index (χ4n) is 5.56. The molecule has 0 spiro atoms. The minimum Gasteiger partial charge on any atom is -0.309 e. The van der Waals surface area contributed by atoms with Crippen LogP contribution in [0.5, 0.6) is 0 Å². The van der Waals surface area contributed by atoms with Gasteiger partial charge in [0.25, 0.3) is 0 Å². The Kier molecular flexibility index (Phi) is 4.09. The van der Waals surface area contributed by atoms with Crippen LogP contribution >= 0.6 is 0 Å². The largest absolute Gasteiger partial charge is 0.309 e. The highest BCUT2D eigenvalue weighted by molar-refractivity contribution is 6.28. The van der Waals surface area contributed by atoms with Gasteiger partial charge in [0.1, 0.15) is 0 Å². The van der Waals surface area contributed by atoms with Crippen LogP contribution in [-0.4, -0.2) is 17.8 Å². The topological polar surface area (TPSA) is 17.3 Å². The highest BCUT2D eigenvalue weighted by Gasteiger charge is 2.18. The maximum absolute atomic E-state index is 4.28. The monoisotopic (exact) mass is 434 g/mol. The third-order valence-electron chi connectivity index (χ3n) is 6.99. The van der Waals surface area contributed by atoms with E-state index in [2.05, 4.69) is 119 Å². The number of fused-ring (bicyclic) bond motifs is 8. The molecule has 6 aromatic carbocycles. The van der Waals surface area contributed by atoms with Crippen molar-refractivity contribution in [2.24, 2.45) is 4.99 Å². The van der Waals surface area contributed by atoms with Crippen molar-refractivity contribution in [2.45, 2.75) is 0 Å². The van der Waals surface area contributed by atoms with Crippen molar-refractivity contribution in [1.29, 1.82) is 0 Å². The Bertz CT molecular complexity index is 1830. The number of aliphatic imine (C=N–C) groups is 1. The standard InChI is InChI=1S/C32H22N2/c1-33-20-23-16-17-28(27-13-7-6-10-24(23)27)34-29-18-14-21-8-2-4-11-25(21)31(29)32-26-12-5-3-9-22(26)15-19-30(32)34/h2-20H,1H3/b33-20+. The summed E-state index contributed by atoms with van der Waals surface area (Å²) in [6.07, 6.45) is 1.94. The molecule has 2 nitrogen and oxygen atoms in total. The average molecular weight is 435 g/mol. The highest BCUT2D eigenvalue weighted by atomic mass is 15.0. The van der Waals surface area contributed by atoms with E-state index in [0.29, 0.717) is 0 Å². The van der Waals surface area contributed by atoms with Crippen LogP contribution < -0.4 is 0 Å². The molecule has 0 aliphatic heterocycles. The molecule has 0 unspecified atom stereocenters. The van der Waals surface area contributed by atoms with Gasteiger partial charge in [-0.05, 0) is 45.1 Å². The molecule has 0 amide bonds. The first kappa shape index (κ1) is 19.1. The number of aromatic nitrogens is 1. The van der Waals surface area contributed by atoms with Crippen LogP contribution in [0.1, 0.15) is 5.56 Å². The van der Waals surface area contributed by atoms with Gasteiger partial charge < -0.3 is 4.57 Å². The van der Waals surface area contributed by atoms with E-state index >= 15 is 0 Å². The molecule has 0 bridgehead atoms. The molecular weight excluding hydrogens is 412 g/mol. The number of hydrogen-bond acceptors (Lipinski definition) is 1. The molecule has 1 aromatic heterocycles. The maximum Gasteiger partial charge on any atom is 0.0548 e. The molecule has 0 saturated heterocycles. The van der Waals surface area contributed by atoms with Gasteiger partial charge in [-0.15, -0.1) is 0 Å². The minimum absolute atomic E-state index is 1.14. The Morgan fingerprint density at radius 3 is 1.65 bits per heavy atom. The lowest BCUT2D eigenvalue weighted by Gasteiger charge is -2.13. The molecule has 2 heteroatoms. The molecule has 0 fully saturated rings. The summed E-state index contributed by atoms with van der Waals surface area (Å²) in [6, 6.07) is 39.5. The fraction of sp³-hybridized carbons (Fsp3) is 0.0312. The van der Waals surface area contributed by atoms with E-state index < -0.39 is 0 Å². The van der Waals surface area contributed by atoms with Crippen molar-refractivity contribution in [2.75, 3.05) is 7.05 Å². The third kappa shape index (κ3) is 2.60. The molecule has 0 aliphatic carbocycles. The van der Waals surface area contributed by atoms with Crippen LogP contribution in [0.2, 0.25) is 0 Å². The van der Waals surface area contributed by atoms with Gasteiger partial charge in [0.2, 0.25) is 0 Å². The third-order valence-corrected chi connectivity index (χ3v) is 6.99. The second kappa shape index (κ2) is 7.29. The van der Waals surface area contributed by atoms with E-state index in [1.807, 2.05) is 13.3 Å². The van der Waals surface area contributed by atoms with Crippen LogP contribution in [-0.2, 0) is 0 Å². The molecule has 0 N–H and O–H groups in total. The number of rotatable bonds is 2. The average Bonchev–Trinajstić information content (AvgIpc) is 3.24. The molecule has 0 saturated carbocycles. The van der Waals surface area contributed by atoms with Crippen molar-refractivity contribution in [3.8, 4) is 5.69 Å². The van der Waals surface area contributed by atoms with E-state index in [1.165, 1.54) is 59.8 Å². The molecule has 0 aliphatic rings. The van der Waals surface area contributed by atoms with E-state index in [-0.39, 0.29) is 0 Å². The van der Waals surface area contributed by atoms with E-state index in [9.17, 15) is 0 Å². The maximum atomic E-state index is 4.28. The Morgan fingerprint density at radius 1 is 0.529 bits per heavy atom. The first-order valence-electron chi connectivity index (χ1n) is 11.6. The zero-order valence-electron chi connectivity index (χ0n) is 18.9. The summed E-state index contributed by atoms with van der Waals surface area (Å²) in [5.74, 6) is 0. The van der Waals surface area contributed by atoms with Gasteiger partial charge in [-0.2, -0.15) is 0 Å². The second-order valence-electron chi connectivity index (χ2n) is 8.80. The predicted octanol–water partition coefficient (Wildman–Crippen LogP) is 8.29. The Balaban J connectivity index is 1.74. The number of benzene rings is 6. The van der Waals surface area contributed by atoms with E-state index in [4.69, 9.17) is 0 Å². The number of hydrogen-bond donors (Lipinski definition) is 0. The summed E-state index contributed by atoms with van der Waals surface area (Å²) < 4.78 is 2.44. The molecule has 7 aromatic rings. The quantitative estimate of drug-likeness (QED) is 0.244. The van der Waals surface area contributed by atoms with Crippen LogP contribution in [0.3, 0.4) is 0 Å². The first-order valence-corrected chi connectivity index (χ1v) is 11.6. The van der Waals surface area contributed by atoms with Crippen LogP contribution in [0.15, 0.2) is 114 Å². The Hall–Kier alpha value is -4.43. The zero-order chi connectivity index (χ0) is 22.6. The van der Waals surface area contributed by atoms with Gasteiger partial charge in [0.15, 0.2) is 0 Å². The summed E-state index contributed by atoms with van der Waals surface area (Å²) in [7, 11) is 1.83. The van der Waals surface area contributed by atoms with Gasteiger partial charge in [0.05, 0.1) is 16.7 Å². The molecular formula is C32H22N2. The summed E-state index contributed by atoms with van der Waals surface area (Å²) in [5.41, 5.74) is 4.78. The van der Waals surface area contributed by atoms with E-state index in [1.54, 1.807) is 0 Å². The van der Waals surface area contributed by atoms with E-state index in [0.717, 1.165) is 5.56 Å². The van der Waals surface area contributed by atoms with Gasteiger partial charge in [0, 0.05) is 35.0 Å². The van der Waals surface area contributed by atoms with Gasteiger partial charge in [-0.1, -0.05) is 91.0 Å². The summed E-state index contributed by atoms with van der Waals surface area (Å²) >= 11 is 0. The minimum atomic E-state index is 1.14. The van der Waals surface area contributed by atoms with Gasteiger partial charge >= 0.3 is 0 Å². The van der Waals surface area contributed by atoms with Crippen LogP contribution in [0.4, 0.5) is 0 Å². The van der Waals surface area contributed by atoms with Gasteiger partial charge in [-0.25, -0.2) is 0 Å². The Labute approximate surface area is 197 Å². The molecule has 1 heterocycles. The lowest BCUT2D eigenvalue weighted by Crippen LogP contribution is -1.97. The molecule has 7 rings (SSSR count). The predicted molar refractivity (Wildman–Crippen MR) is 147 cm³/mol. The normalized spacial score (nSPS) is 12.1. The first-order chi connectivity index (χ1) is 16.8. The van der Waals surface area contributed by atoms with Crippen molar-refractivity contribution in [3.63, 3.8) is 0 Å². The summed E-state index contributed by atoms with van der Waals surface area (Å²) in [5, 5.41) is 10.2. The SMILES string of the molecule is C/N=C/c1ccc(-n2c3ccc4ccccc4c3c3c4ccccc4ccc32)c2ccccc12. The number of nitrogens with zero attached hydrogens (tertiary/aromatic N) is 2. The molecule has 34 heavy (non-hydrogen) atoms. The summed E-state index contributed by atoms with van der Waals surface area (Å²) in [4.78, 5) is 4.28. The lowest BCUT2D eigenvalue weighted by molar-refractivity contribution is 1.20. The molecule has 0 atom stereocenters. The van der Waals surface area contributed by atoms with Crippen molar-refractivity contribution >= 4 is 60.3 Å². The zero-order valence-corrected chi connectivity index (χ0v) is 18.9. The molecule has 160 valence electrons. The fourth-order valence-corrected chi connectivity index (χ4v) is 5.56. The van der Waals surface area contributed by atoms with Crippen LogP contribution in [0, 0.1) is 0 Å². The smallest absolute Gasteiger partial charge is 0.0548 e. The molecule has 0 radical (unpaired) electrons. The van der Waals surface area contributed by atoms with Crippen molar-refractivity contribution < 1.29 is 0 Å². The Morgan fingerprint density at radius 2 is 1.06 bits per heavy atom. The van der Waals surface area contributed by atoms with Crippen LogP contribution in [0.25, 0.3) is 59.8 Å². The van der Waals surface area contributed by atoms with Crippen molar-refractivity contribution in [1.82, 2.24) is 4.57 Å². The summed E-state index contributed by atoms with van der Waals surface area (Å²) in [6.45, 7) is 0. The lowest BCUT2D eigenvalue weighted by atomic mass is 10.00.